The Morgan fingerprint density at radius 1 is 0.972 bits per heavy atom. The van der Waals surface area contributed by atoms with Crippen molar-refractivity contribution in [1.82, 2.24) is 0 Å². The minimum absolute atomic E-state index is 0.0447. The van der Waals surface area contributed by atoms with Gasteiger partial charge in [0.2, 0.25) is 0 Å². The van der Waals surface area contributed by atoms with Gasteiger partial charge in [0.25, 0.3) is 0 Å². The summed E-state index contributed by atoms with van der Waals surface area (Å²) in [6.07, 6.45) is 19.4. The Balaban J connectivity index is 1.31. The summed E-state index contributed by atoms with van der Waals surface area (Å²) in [4.78, 5) is 12.4. The number of nitriles is 1. The normalized spacial score (nSPS) is 39.6. The molecule has 36 heavy (non-hydrogen) atoms. The summed E-state index contributed by atoms with van der Waals surface area (Å²) in [5, 5.41) is 19.9. The highest BCUT2D eigenvalue weighted by Gasteiger charge is 2.64. The summed E-state index contributed by atoms with van der Waals surface area (Å²) in [5.74, 6) is 3.00. The molecular formula is C32H51NO3. The SMILES string of the molecule is CC1(O)CC[C@H]2[C@@H]3C(CCCCCCCOCCCCC#N)CC4=CC(=O)CC[C@]4(C)[C@@H]3CC[C@@]21C. The monoisotopic (exact) mass is 497 g/mol. The molecule has 0 radical (unpaired) electrons. The van der Waals surface area contributed by atoms with Gasteiger partial charge in [-0.05, 0) is 112 Å². The third-order valence-electron chi connectivity index (χ3n) is 11.4. The van der Waals surface area contributed by atoms with Crippen LogP contribution in [0.2, 0.25) is 0 Å². The van der Waals surface area contributed by atoms with Crippen LogP contribution >= 0.6 is 0 Å². The van der Waals surface area contributed by atoms with Gasteiger partial charge >= 0.3 is 0 Å². The van der Waals surface area contributed by atoms with Gasteiger partial charge in [0.15, 0.2) is 5.78 Å². The first-order chi connectivity index (χ1) is 17.2. The molecular weight excluding hydrogens is 446 g/mol. The van der Waals surface area contributed by atoms with E-state index < -0.39 is 5.60 Å². The standard InChI is InChI=1S/C32H51NO3/c1-30-16-13-26(34)23-25(30)22-24(12-8-5-4-6-10-20-36-21-11-7-9-19-33)29-27(30)14-17-31(2)28(29)15-18-32(31,3)35/h23-24,27-29,35H,4-18,20-22H2,1-3H3/t24?,27-,28+,29-,30+,31+,32?/m1/s1. The van der Waals surface area contributed by atoms with Crippen LogP contribution in [0.1, 0.15) is 124 Å². The van der Waals surface area contributed by atoms with Crippen LogP contribution in [0.15, 0.2) is 11.6 Å². The summed E-state index contributed by atoms with van der Waals surface area (Å²) in [6, 6.07) is 2.19. The fourth-order valence-electron chi connectivity index (χ4n) is 8.90. The number of rotatable bonds is 12. The van der Waals surface area contributed by atoms with E-state index in [1.807, 2.05) is 6.08 Å². The van der Waals surface area contributed by atoms with Crippen LogP contribution in [0.4, 0.5) is 0 Å². The first-order valence-corrected chi connectivity index (χ1v) is 15.1. The molecule has 0 aliphatic heterocycles. The van der Waals surface area contributed by atoms with Crippen molar-refractivity contribution in [3.63, 3.8) is 0 Å². The second-order valence-electron chi connectivity index (χ2n) is 13.4. The molecule has 4 rings (SSSR count). The van der Waals surface area contributed by atoms with E-state index in [2.05, 4.69) is 26.8 Å². The molecule has 2 unspecified atom stereocenters. The molecule has 0 amide bonds. The smallest absolute Gasteiger partial charge is 0.155 e. The first kappa shape index (κ1) is 27.8. The highest BCUT2D eigenvalue weighted by atomic mass is 16.5. The Morgan fingerprint density at radius 3 is 2.44 bits per heavy atom. The minimum atomic E-state index is -0.537. The Labute approximate surface area is 220 Å². The van der Waals surface area contributed by atoms with E-state index in [1.54, 1.807) is 0 Å². The highest BCUT2D eigenvalue weighted by Crippen LogP contribution is 2.69. The Kier molecular flexibility index (Phi) is 9.04. The number of allylic oxidation sites excluding steroid dienone is 1. The molecule has 0 heterocycles. The number of carbonyl (C=O) groups excluding carboxylic acids is 1. The molecule has 4 nitrogen and oxygen atoms in total. The fraction of sp³-hybridized carbons (Fsp3) is 0.875. The van der Waals surface area contributed by atoms with Crippen molar-refractivity contribution < 1.29 is 14.6 Å². The van der Waals surface area contributed by atoms with Crippen LogP contribution in [-0.4, -0.2) is 29.7 Å². The number of hydrogen-bond acceptors (Lipinski definition) is 4. The van der Waals surface area contributed by atoms with Crippen molar-refractivity contribution in [3.8, 4) is 6.07 Å². The van der Waals surface area contributed by atoms with Crippen LogP contribution in [0.3, 0.4) is 0 Å². The van der Waals surface area contributed by atoms with Gasteiger partial charge in [0.1, 0.15) is 0 Å². The van der Waals surface area contributed by atoms with E-state index in [0.29, 0.717) is 35.9 Å². The average molecular weight is 498 g/mol. The van der Waals surface area contributed by atoms with Gasteiger partial charge in [0, 0.05) is 26.1 Å². The lowest BCUT2D eigenvalue weighted by Crippen LogP contribution is -2.56. The highest BCUT2D eigenvalue weighted by molar-refractivity contribution is 5.91. The first-order valence-electron chi connectivity index (χ1n) is 15.1. The summed E-state index contributed by atoms with van der Waals surface area (Å²) in [7, 11) is 0. The van der Waals surface area contributed by atoms with Gasteiger partial charge in [0.05, 0.1) is 11.7 Å². The summed E-state index contributed by atoms with van der Waals surface area (Å²) < 4.78 is 5.71. The maximum Gasteiger partial charge on any atom is 0.155 e. The van der Waals surface area contributed by atoms with Crippen molar-refractivity contribution in [2.24, 2.45) is 34.5 Å². The zero-order valence-electron chi connectivity index (χ0n) is 23.3. The second-order valence-corrected chi connectivity index (χ2v) is 13.4. The quantitative estimate of drug-likeness (QED) is 0.283. The van der Waals surface area contributed by atoms with Crippen LogP contribution in [0.25, 0.3) is 0 Å². The molecule has 4 aliphatic carbocycles. The van der Waals surface area contributed by atoms with Crippen LogP contribution in [0, 0.1) is 45.8 Å². The van der Waals surface area contributed by atoms with Crippen molar-refractivity contribution in [2.75, 3.05) is 13.2 Å². The van der Waals surface area contributed by atoms with E-state index in [9.17, 15) is 9.90 Å². The van der Waals surface area contributed by atoms with E-state index in [0.717, 1.165) is 64.6 Å². The molecule has 0 bridgehead atoms. The van der Waals surface area contributed by atoms with Gasteiger partial charge in [-0.3, -0.25) is 4.79 Å². The van der Waals surface area contributed by atoms with E-state index >= 15 is 0 Å². The third-order valence-corrected chi connectivity index (χ3v) is 11.4. The molecule has 0 spiro atoms. The minimum Gasteiger partial charge on any atom is -0.390 e. The van der Waals surface area contributed by atoms with Crippen LogP contribution in [0.5, 0.6) is 0 Å². The van der Waals surface area contributed by atoms with E-state index in [4.69, 9.17) is 10.00 Å². The van der Waals surface area contributed by atoms with Crippen LogP contribution in [-0.2, 0) is 9.53 Å². The van der Waals surface area contributed by atoms with Gasteiger partial charge in [-0.2, -0.15) is 5.26 Å². The summed E-state index contributed by atoms with van der Waals surface area (Å²) >= 11 is 0. The number of aliphatic hydroxyl groups is 1. The third kappa shape index (κ3) is 5.49. The maximum absolute atomic E-state index is 12.4. The molecule has 7 atom stereocenters. The number of ether oxygens (including phenoxy) is 1. The number of carbonyl (C=O) groups is 1. The van der Waals surface area contributed by atoms with Gasteiger partial charge in [-0.15, -0.1) is 0 Å². The van der Waals surface area contributed by atoms with Crippen LogP contribution < -0.4 is 0 Å². The molecule has 202 valence electrons. The second kappa shape index (κ2) is 11.7. The predicted octanol–water partition coefficient (Wildman–Crippen LogP) is 7.55. The van der Waals surface area contributed by atoms with Gasteiger partial charge in [-0.1, -0.05) is 45.1 Å². The van der Waals surface area contributed by atoms with E-state index in [1.165, 1.54) is 50.5 Å². The Hall–Kier alpha value is -1.18. The predicted molar refractivity (Wildman–Crippen MR) is 144 cm³/mol. The number of nitrogens with zero attached hydrogens (tertiary/aromatic N) is 1. The van der Waals surface area contributed by atoms with Crippen molar-refractivity contribution in [2.45, 2.75) is 129 Å². The molecule has 4 heteroatoms. The molecule has 0 aromatic carbocycles. The molecule has 1 N–H and O–H groups in total. The fourth-order valence-corrected chi connectivity index (χ4v) is 8.90. The summed E-state index contributed by atoms with van der Waals surface area (Å²) in [5.41, 5.74) is 1.16. The van der Waals surface area contributed by atoms with Crippen molar-refractivity contribution in [3.05, 3.63) is 11.6 Å². The van der Waals surface area contributed by atoms with Crippen molar-refractivity contribution in [1.29, 1.82) is 5.26 Å². The molecule has 0 aromatic rings. The topological polar surface area (TPSA) is 70.3 Å². The van der Waals surface area contributed by atoms with E-state index in [-0.39, 0.29) is 10.8 Å². The zero-order chi connectivity index (χ0) is 25.8. The molecule has 0 saturated heterocycles. The Morgan fingerprint density at radius 2 is 1.67 bits per heavy atom. The largest absolute Gasteiger partial charge is 0.390 e. The Bertz CT molecular complexity index is 841. The molecule has 4 aliphatic rings. The average Bonchev–Trinajstić information content (AvgIpc) is 3.09. The molecule has 0 aromatic heterocycles. The zero-order valence-corrected chi connectivity index (χ0v) is 23.3. The molecule has 3 saturated carbocycles. The lowest BCUT2D eigenvalue weighted by atomic mass is 9.44. The molecule has 3 fully saturated rings. The van der Waals surface area contributed by atoms with Gasteiger partial charge in [-0.25, -0.2) is 0 Å². The lowest BCUT2D eigenvalue weighted by molar-refractivity contribution is -0.135. The summed E-state index contributed by atoms with van der Waals surface area (Å²) in [6.45, 7) is 8.60. The number of ketones is 1. The van der Waals surface area contributed by atoms with Crippen molar-refractivity contribution >= 4 is 5.78 Å². The number of fused-ring (bicyclic) bond motifs is 5. The number of unbranched alkanes of at least 4 members (excludes halogenated alkanes) is 6. The maximum atomic E-state index is 12.4. The lowest BCUT2D eigenvalue weighted by Gasteiger charge is -2.61. The van der Waals surface area contributed by atoms with Gasteiger partial charge < -0.3 is 9.84 Å². The number of hydrogen-bond donors (Lipinski definition) is 1.